The van der Waals surface area contributed by atoms with Gasteiger partial charge in [-0.2, -0.15) is 22.0 Å². The van der Waals surface area contributed by atoms with Crippen LogP contribution in [0.2, 0.25) is 0 Å². The van der Waals surface area contributed by atoms with Crippen LogP contribution < -0.4 is 0 Å². The highest BCUT2D eigenvalue weighted by Crippen LogP contribution is 2.38. The molecule has 0 atom stereocenters. The van der Waals surface area contributed by atoms with E-state index in [9.17, 15) is 22.0 Å². The molecule has 0 aromatic carbocycles. The van der Waals surface area contributed by atoms with Gasteiger partial charge in [0.15, 0.2) is 0 Å². The maximum atomic E-state index is 12.3. The quantitative estimate of drug-likeness (QED) is 0.560. The molecular weight excluding hydrogens is 251 g/mol. The minimum atomic E-state index is -5.49. The highest BCUT2D eigenvalue weighted by atomic mass is 32.2. The molecule has 0 saturated carbocycles. The number of aliphatic hydroxyl groups excluding tert-OH is 1. The summed E-state index contributed by atoms with van der Waals surface area (Å²) < 4.78 is 59.8. The molecule has 0 amide bonds. The van der Waals surface area contributed by atoms with E-state index in [1.165, 1.54) is 5.41 Å². The number of allylic oxidation sites excluding steroid dienone is 1. The molecule has 1 N–H and O–H groups in total. The summed E-state index contributed by atoms with van der Waals surface area (Å²) in [4.78, 5) is 0. The second-order valence-electron chi connectivity index (χ2n) is 3.08. The first-order valence-corrected chi connectivity index (χ1v) is 5.68. The first kappa shape index (κ1) is 15.7. The van der Waals surface area contributed by atoms with Crippen molar-refractivity contribution in [1.29, 1.82) is 0 Å². The molecule has 0 aliphatic carbocycles. The molecule has 7 heteroatoms. The van der Waals surface area contributed by atoms with Crippen LogP contribution >= 0.6 is 11.8 Å². The molecule has 0 bridgehead atoms. The van der Waals surface area contributed by atoms with Gasteiger partial charge in [-0.05, 0) is 24.0 Å². The van der Waals surface area contributed by atoms with Crippen molar-refractivity contribution in [2.75, 3.05) is 12.4 Å². The molecule has 0 fully saturated rings. The van der Waals surface area contributed by atoms with Crippen molar-refractivity contribution in [3.05, 3.63) is 11.5 Å². The van der Waals surface area contributed by atoms with Gasteiger partial charge in [-0.15, -0.1) is 11.8 Å². The lowest BCUT2D eigenvalue weighted by Crippen LogP contribution is -2.35. The standard InChI is InChI=1S/C9H13F5OS/c10-8(11,9(12,13)14)4-3-7-16-6-2-1-5-15/h3,7,15H,1-2,4-6H2/b7-3+. The van der Waals surface area contributed by atoms with E-state index in [0.717, 1.165) is 17.8 Å². The second-order valence-corrected chi connectivity index (χ2v) is 4.09. The van der Waals surface area contributed by atoms with Crippen LogP contribution in [0.25, 0.3) is 0 Å². The molecule has 0 unspecified atom stereocenters. The summed E-state index contributed by atoms with van der Waals surface area (Å²) in [5.41, 5.74) is 0. The van der Waals surface area contributed by atoms with E-state index < -0.39 is 18.5 Å². The van der Waals surface area contributed by atoms with Crippen LogP contribution in [0.4, 0.5) is 22.0 Å². The highest BCUT2D eigenvalue weighted by Gasteiger charge is 2.56. The average molecular weight is 264 g/mol. The van der Waals surface area contributed by atoms with Crippen LogP contribution in [0, 0.1) is 0 Å². The van der Waals surface area contributed by atoms with Gasteiger partial charge in [-0.1, -0.05) is 6.08 Å². The molecule has 16 heavy (non-hydrogen) atoms. The van der Waals surface area contributed by atoms with E-state index in [1.807, 2.05) is 0 Å². The van der Waals surface area contributed by atoms with Gasteiger partial charge in [0.1, 0.15) is 0 Å². The third-order valence-corrected chi connectivity index (χ3v) is 2.56. The van der Waals surface area contributed by atoms with Crippen molar-refractivity contribution in [3.63, 3.8) is 0 Å². The fourth-order valence-electron chi connectivity index (χ4n) is 0.745. The first-order chi connectivity index (χ1) is 7.31. The summed E-state index contributed by atoms with van der Waals surface area (Å²) in [6, 6.07) is 0. The largest absolute Gasteiger partial charge is 0.453 e. The van der Waals surface area contributed by atoms with Crippen LogP contribution in [0.15, 0.2) is 11.5 Å². The summed E-state index contributed by atoms with van der Waals surface area (Å²) in [5.74, 6) is -4.07. The Kier molecular flexibility index (Phi) is 6.98. The molecule has 1 nitrogen and oxygen atoms in total. The Morgan fingerprint density at radius 2 is 1.69 bits per heavy atom. The number of hydrogen-bond acceptors (Lipinski definition) is 2. The van der Waals surface area contributed by atoms with Crippen molar-refractivity contribution in [1.82, 2.24) is 0 Å². The van der Waals surface area contributed by atoms with Crippen molar-refractivity contribution >= 4 is 11.8 Å². The zero-order valence-electron chi connectivity index (χ0n) is 8.44. The molecule has 0 spiro atoms. The van der Waals surface area contributed by atoms with Gasteiger partial charge in [-0.25, -0.2) is 0 Å². The smallest absolute Gasteiger partial charge is 0.396 e. The van der Waals surface area contributed by atoms with Gasteiger partial charge < -0.3 is 5.11 Å². The number of unbranched alkanes of at least 4 members (excludes halogenated alkanes) is 1. The molecule has 0 aromatic rings. The minimum Gasteiger partial charge on any atom is -0.396 e. The number of alkyl halides is 5. The van der Waals surface area contributed by atoms with E-state index in [-0.39, 0.29) is 6.61 Å². The van der Waals surface area contributed by atoms with Crippen molar-refractivity contribution < 1.29 is 27.1 Å². The minimum absolute atomic E-state index is 0.0520. The van der Waals surface area contributed by atoms with Crippen LogP contribution in [-0.2, 0) is 0 Å². The van der Waals surface area contributed by atoms with E-state index in [1.54, 1.807) is 0 Å². The third-order valence-electron chi connectivity index (χ3n) is 1.65. The number of halogens is 5. The number of hydrogen-bond donors (Lipinski definition) is 1. The Balaban J connectivity index is 3.75. The zero-order valence-corrected chi connectivity index (χ0v) is 9.25. The molecule has 0 radical (unpaired) electrons. The first-order valence-electron chi connectivity index (χ1n) is 4.63. The second kappa shape index (κ2) is 7.11. The Morgan fingerprint density at radius 3 is 2.19 bits per heavy atom. The fraction of sp³-hybridized carbons (Fsp3) is 0.778. The summed E-state index contributed by atoms with van der Waals surface area (Å²) in [6.07, 6.45) is -4.71. The topological polar surface area (TPSA) is 20.2 Å². The summed E-state index contributed by atoms with van der Waals surface area (Å²) >= 11 is 1.15. The lowest BCUT2D eigenvalue weighted by Gasteiger charge is -2.17. The van der Waals surface area contributed by atoms with Crippen molar-refractivity contribution in [2.45, 2.75) is 31.4 Å². The van der Waals surface area contributed by atoms with Gasteiger partial charge in [0.25, 0.3) is 0 Å². The highest BCUT2D eigenvalue weighted by molar-refractivity contribution is 8.02. The Labute approximate surface area is 94.7 Å². The molecular formula is C9H13F5OS. The Morgan fingerprint density at radius 1 is 1.06 bits per heavy atom. The normalized spacial score (nSPS) is 13.6. The predicted molar refractivity (Wildman–Crippen MR) is 53.5 cm³/mol. The zero-order chi connectivity index (χ0) is 12.7. The van der Waals surface area contributed by atoms with E-state index >= 15 is 0 Å². The monoisotopic (exact) mass is 264 g/mol. The van der Waals surface area contributed by atoms with Crippen LogP contribution in [0.1, 0.15) is 19.3 Å². The molecule has 0 heterocycles. The number of aliphatic hydroxyl groups is 1. The lowest BCUT2D eigenvalue weighted by atomic mass is 10.2. The molecule has 0 aliphatic heterocycles. The van der Waals surface area contributed by atoms with Gasteiger partial charge in [0, 0.05) is 13.0 Å². The van der Waals surface area contributed by atoms with E-state index in [0.29, 0.717) is 18.6 Å². The lowest BCUT2D eigenvalue weighted by molar-refractivity contribution is -0.280. The van der Waals surface area contributed by atoms with Gasteiger partial charge in [-0.3, -0.25) is 0 Å². The van der Waals surface area contributed by atoms with Gasteiger partial charge in [0.05, 0.1) is 0 Å². The maximum Gasteiger partial charge on any atom is 0.453 e. The number of rotatable bonds is 7. The van der Waals surface area contributed by atoms with Crippen molar-refractivity contribution in [3.8, 4) is 0 Å². The van der Waals surface area contributed by atoms with Crippen LogP contribution in [-0.4, -0.2) is 29.6 Å². The maximum absolute atomic E-state index is 12.3. The van der Waals surface area contributed by atoms with E-state index in [4.69, 9.17) is 5.11 Å². The third kappa shape index (κ3) is 6.32. The predicted octanol–water partition coefficient (Wildman–Crippen LogP) is 3.59. The molecule has 0 aliphatic rings. The van der Waals surface area contributed by atoms with Crippen LogP contribution in [0.3, 0.4) is 0 Å². The van der Waals surface area contributed by atoms with Gasteiger partial charge in [0.2, 0.25) is 0 Å². The molecule has 96 valence electrons. The summed E-state index contributed by atoms with van der Waals surface area (Å²) in [7, 11) is 0. The van der Waals surface area contributed by atoms with Crippen LogP contribution in [0.5, 0.6) is 0 Å². The molecule has 0 aromatic heterocycles. The fourth-order valence-corrected chi connectivity index (χ4v) is 1.48. The Hall–Kier alpha value is -0.300. The van der Waals surface area contributed by atoms with E-state index in [2.05, 4.69) is 0 Å². The summed E-state index contributed by atoms with van der Waals surface area (Å²) in [6.45, 7) is 0.0520. The van der Waals surface area contributed by atoms with Gasteiger partial charge >= 0.3 is 12.1 Å². The molecule has 0 rings (SSSR count). The Bertz CT molecular complexity index is 214. The molecule has 0 saturated heterocycles. The van der Waals surface area contributed by atoms with Crippen molar-refractivity contribution in [2.24, 2.45) is 0 Å². The summed E-state index contributed by atoms with van der Waals surface area (Å²) in [5, 5.41) is 9.65. The average Bonchev–Trinajstić information content (AvgIpc) is 2.14. The number of thioether (sulfide) groups is 1. The SMILES string of the molecule is OCCCCS/C=C/CC(F)(F)C(F)(F)F.